The van der Waals surface area contributed by atoms with E-state index in [1.54, 1.807) is 17.5 Å². The molecule has 2 aromatic heterocycles. The molecule has 0 radical (unpaired) electrons. The van der Waals surface area contributed by atoms with Crippen LogP contribution in [0.25, 0.3) is 10.6 Å². The van der Waals surface area contributed by atoms with E-state index in [1.165, 1.54) is 10.4 Å². The molecule has 11 heavy (non-hydrogen) atoms. The van der Waals surface area contributed by atoms with Crippen LogP contribution in [0.15, 0.2) is 23.7 Å². The Balaban J connectivity index is 2.45. The molecule has 2 heterocycles. The monoisotopic (exact) mass is 164 g/mol. The molecule has 0 saturated heterocycles. The first-order valence-electron chi connectivity index (χ1n) is 3.41. The van der Waals surface area contributed by atoms with Gasteiger partial charge in [-0.1, -0.05) is 0 Å². The number of rotatable bonds is 1. The second-order valence-corrected chi connectivity index (χ2v) is 3.37. The van der Waals surface area contributed by atoms with Gasteiger partial charge in [-0.2, -0.15) is 5.10 Å². The fourth-order valence-electron chi connectivity index (χ4n) is 0.966. The van der Waals surface area contributed by atoms with E-state index in [1.807, 2.05) is 6.07 Å². The first-order valence-corrected chi connectivity index (χ1v) is 4.29. The van der Waals surface area contributed by atoms with Crippen LogP contribution in [0.4, 0.5) is 0 Å². The second kappa shape index (κ2) is 2.51. The highest BCUT2D eigenvalue weighted by Crippen LogP contribution is 2.24. The van der Waals surface area contributed by atoms with E-state index >= 15 is 0 Å². The average molecular weight is 164 g/mol. The minimum Gasteiger partial charge on any atom is -0.277 e. The van der Waals surface area contributed by atoms with Crippen LogP contribution in [-0.4, -0.2) is 10.2 Å². The first-order chi connectivity index (χ1) is 5.36. The lowest BCUT2D eigenvalue weighted by atomic mass is 10.3. The molecule has 1 N–H and O–H groups in total. The summed E-state index contributed by atoms with van der Waals surface area (Å²) in [4.78, 5) is 1.25. The minimum atomic E-state index is 1.10. The normalized spacial score (nSPS) is 10.3. The van der Waals surface area contributed by atoms with Gasteiger partial charge in [0.25, 0.3) is 0 Å². The molecule has 0 unspecified atom stereocenters. The number of nitrogens with one attached hydrogen (secondary N) is 1. The SMILES string of the molecule is Cc1csc(-c2ccn[nH]2)c1. The van der Waals surface area contributed by atoms with Crippen LogP contribution in [0.1, 0.15) is 5.56 Å². The molecule has 3 heteroatoms. The third-order valence-corrected chi connectivity index (χ3v) is 2.58. The molecular weight excluding hydrogens is 156 g/mol. The molecule has 0 aromatic carbocycles. The summed E-state index contributed by atoms with van der Waals surface area (Å²) in [5, 5.41) is 8.95. The smallest absolute Gasteiger partial charge is 0.0749 e. The Morgan fingerprint density at radius 3 is 3.00 bits per heavy atom. The number of hydrogen-bond acceptors (Lipinski definition) is 2. The maximum atomic E-state index is 3.89. The van der Waals surface area contributed by atoms with Gasteiger partial charge in [-0.15, -0.1) is 11.3 Å². The van der Waals surface area contributed by atoms with Crippen molar-refractivity contribution in [3.63, 3.8) is 0 Å². The zero-order valence-electron chi connectivity index (χ0n) is 6.16. The van der Waals surface area contributed by atoms with Crippen LogP contribution in [0.3, 0.4) is 0 Å². The van der Waals surface area contributed by atoms with Gasteiger partial charge in [0, 0.05) is 6.20 Å². The zero-order chi connectivity index (χ0) is 7.68. The second-order valence-electron chi connectivity index (χ2n) is 2.46. The van der Waals surface area contributed by atoms with Crippen LogP contribution >= 0.6 is 11.3 Å². The van der Waals surface area contributed by atoms with Crippen molar-refractivity contribution in [2.45, 2.75) is 6.92 Å². The molecule has 56 valence electrons. The number of aryl methyl sites for hydroxylation is 1. The predicted molar refractivity (Wildman–Crippen MR) is 46.6 cm³/mol. The number of hydrogen-bond donors (Lipinski definition) is 1. The molecule has 0 aliphatic rings. The Morgan fingerprint density at radius 1 is 1.55 bits per heavy atom. The van der Waals surface area contributed by atoms with Gasteiger partial charge in [0.1, 0.15) is 0 Å². The lowest BCUT2D eigenvalue weighted by Crippen LogP contribution is -1.70. The van der Waals surface area contributed by atoms with Gasteiger partial charge in [0.15, 0.2) is 0 Å². The molecule has 0 aliphatic carbocycles. The Hall–Kier alpha value is -1.09. The highest BCUT2D eigenvalue weighted by molar-refractivity contribution is 7.13. The molecule has 0 fully saturated rings. The molecule has 0 amide bonds. The van der Waals surface area contributed by atoms with Crippen molar-refractivity contribution in [1.82, 2.24) is 10.2 Å². The maximum absolute atomic E-state index is 3.89. The van der Waals surface area contributed by atoms with Crippen LogP contribution < -0.4 is 0 Å². The van der Waals surface area contributed by atoms with E-state index in [9.17, 15) is 0 Å². The summed E-state index contributed by atoms with van der Waals surface area (Å²) in [6, 6.07) is 4.13. The standard InChI is InChI=1S/C8H8N2S/c1-6-4-8(11-5-6)7-2-3-9-10-7/h2-5H,1H3,(H,9,10). The van der Waals surface area contributed by atoms with Crippen molar-refractivity contribution in [3.05, 3.63) is 29.3 Å². The van der Waals surface area contributed by atoms with Gasteiger partial charge < -0.3 is 0 Å². The molecule has 2 aromatic rings. The molecule has 2 nitrogen and oxygen atoms in total. The number of nitrogens with zero attached hydrogens (tertiary/aromatic N) is 1. The van der Waals surface area contributed by atoms with Gasteiger partial charge >= 0.3 is 0 Å². The van der Waals surface area contributed by atoms with Crippen molar-refractivity contribution in [3.8, 4) is 10.6 Å². The zero-order valence-corrected chi connectivity index (χ0v) is 6.98. The third-order valence-electron chi connectivity index (χ3n) is 1.50. The van der Waals surface area contributed by atoms with Gasteiger partial charge in [-0.3, -0.25) is 5.10 Å². The quantitative estimate of drug-likeness (QED) is 0.689. The number of aromatic nitrogens is 2. The van der Waals surface area contributed by atoms with Crippen molar-refractivity contribution in [2.75, 3.05) is 0 Å². The Kier molecular flexibility index (Phi) is 1.51. The molecule has 2 rings (SSSR count). The molecule has 0 atom stereocenters. The number of aromatic amines is 1. The topological polar surface area (TPSA) is 28.7 Å². The predicted octanol–water partition coefficient (Wildman–Crippen LogP) is 2.45. The minimum absolute atomic E-state index is 1.10. The van der Waals surface area contributed by atoms with E-state index in [4.69, 9.17) is 0 Å². The van der Waals surface area contributed by atoms with E-state index in [0.717, 1.165) is 5.69 Å². The first kappa shape index (κ1) is 6.61. The highest BCUT2D eigenvalue weighted by atomic mass is 32.1. The molecule has 0 bridgehead atoms. The Morgan fingerprint density at radius 2 is 2.45 bits per heavy atom. The fraction of sp³-hybridized carbons (Fsp3) is 0.125. The average Bonchev–Trinajstić information content (AvgIpc) is 2.55. The summed E-state index contributed by atoms with van der Waals surface area (Å²) in [6.45, 7) is 2.09. The molecular formula is C8H8N2S. The summed E-state index contributed by atoms with van der Waals surface area (Å²) in [7, 11) is 0. The number of thiophene rings is 1. The largest absolute Gasteiger partial charge is 0.277 e. The Labute approximate surface area is 68.9 Å². The van der Waals surface area contributed by atoms with E-state index in [-0.39, 0.29) is 0 Å². The molecule has 0 saturated carbocycles. The summed E-state index contributed by atoms with van der Waals surface area (Å²) in [5.41, 5.74) is 2.41. The third kappa shape index (κ3) is 1.19. The lowest BCUT2D eigenvalue weighted by molar-refractivity contribution is 1.10. The van der Waals surface area contributed by atoms with Gasteiger partial charge in [0.2, 0.25) is 0 Å². The summed E-state index contributed by atoms with van der Waals surface area (Å²) < 4.78 is 0. The van der Waals surface area contributed by atoms with Crippen molar-refractivity contribution >= 4 is 11.3 Å². The van der Waals surface area contributed by atoms with Crippen LogP contribution in [0.5, 0.6) is 0 Å². The van der Waals surface area contributed by atoms with E-state index < -0.39 is 0 Å². The molecule has 0 spiro atoms. The van der Waals surface area contributed by atoms with Crippen LogP contribution in [0.2, 0.25) is 0 Å². The fourth-order valence-corrected chi connectivity index (χ4v) is 1.84. The summed E-state index contributed by atoms with van der Waals surface area (Å²) in [5.74, 6) is 0. The van der Waals surface area contributed by atoms with E-state index in [0.29, 0.717) is 0 Å². The number of H-pyrrole nitrogens is 1. The van der Waals surface area contributed by atoms with Crippen molar-refractivity contribution in [1.29, 1.82) is 0 Å². The maximum Gasteiger partial charge on any atom is 0.0749 e. The van der Waals surface area contributed by atoms with Gasteiger partial charge in [0.05, 0.1) is 10.6 Å². The van der Waals surface area contributed by atoms with Crippen molar-refractivity contribution in [2.24, 2.45) is 0 Å². The Bertz CT molecular complexity index is 335. The highest BCUT2D eigenvalue weighted by Gasteiger charge is 1.99. The molecule has 0 aliphatic heterocycles. The van der Waals surface area contributed by atoms with Gasteiger partial charge in [-0.25, -0.2) is 0 Å². The van der Waals surface area contributed by atoms with Gasteiger partial charge in [-0.05, 0) is 30.0 Å². The van der Waals surface area contributed by atoms with E-state index in [2.05, 4.69) is 28.6 Å². The lowest BCUT2D eigenvalue weighted by Gasteiger charge is -1.86. The van der Waals surface area contributed by atoms with Crippen molar-refractivity contribution < 1.29 is 0 Å². The summed E-state index contributed by atoms with van der Waals surface area (Å²) >= 11 is 1.74. The van der Waals surface area contributed by atoms with Crippen LogP contribution in [0, 0.1) is 6.92 Å². The summed E-state index contributed by atoms with van der Waals surface area (Å²) in [6.07, 6.45) is 1.77. The van der Waals surface area contributed by atoms with Crippen LogP contribution in [-0.2, 0) is 0 Å².